The summed E-state index contributed by atoms with van der Waals surface area (Å²) >= 11 is 1.23. The molecule has 2 aliphatic rings. The van der Waals surface area contributed by atoms with Gasteiger partial charge in [-0.2, -0.15) is 4.39 Å². The maximum atomic E-state index is 14.0. The monoisotopic (exact) mass is 482 g/mol. The van der Waals surface area contributed by atoms with Gasteiger partial charge in [-0.15, -0.1) is 11.3 Å². The van der Waals surface area contributed by atoms with Gasteiger partial charge in [0.25, 0.3) is 0 Å². The number of ether oxygens (including phenoxy) is 1. The quantitative estimate of drug-likeness (QED) is 0.396. The third-order valence-corrected chi connectivity index (χ3v) is 8.82. The number of aryl methyl sites for hydroxylation is 2. The molecule has 0 saturated carbocycles. The van der Waals surface area contributed by atoms with Crippen LogP contribution in [0.5, 0.6) is 0 Å². The lowest BCUT2D eigenvalue weighted by Crippen LogP contribution is -2.43. The molecule has 1 aromatic carbocycles. The second-order valence-electron chi connectivity index (χ2n) is 10.3. The van der Waals surface area contributed by atoms with E-state index < -0.39 is 0 Å². The van der Waals surface area contributed by atoms with Gasteiger partial charge in [-0.05, 0) is 100 Å². The van der Waals surface area contributed by atoms with Crippen LogP contribution in [0.4, 0.5) is 8.78 Å². The van der Waals surface area contributed by atoms with Crippen molar-refractivity contribution in [1.82, 2.24) is 9.88 Å². The highest BCUT2D eigenvalue weighted by atomic mass is 32.1. The van der Waals surface area contributed by atoms with E-state index in [1.807, 2.05) is 25.3 Å². The molecular weight excluding hydrogens is 450 g/mol. The van der Waals surface area contributed by atoms with E-state index in [0.717, 1.165) is 60.5 Å². The van der Waals surface area contributed by atoms with Gasteiger partial charge in [0.2, 0.25) is 0 Å². The molecule has 2 atom stereocenters. The molecule has 2 aromatic heterocycles. The standard InChI is InChI=1S/C28H32F2N2OS/c1-19-4-5-21(17-31-19)27(2,3)32-14-13-28(18-32,12-10-23-7-9-25(30)34-23)26-24-8-6-22(29)16-20(24)11-15-33-26/h4-9,16-17,26H,10-15,18H2,1-3H3/t26?,28-/m1/s1. The van der Waals surface area contributed by atoms with E-state index in [1.165, 1.54) is 16.9 Å². The van der Waals surface area contributed by atoms with E-state index in [4.69, 9.17) is 4.74 Å². The molecule has 5 rings (SSSR count). The van der Waals surface area contributed by atoms with Crippen LogP contribution >= 0.6 is 11.3 Å². The van der Waals surface area contributed by atoms with Gasteiger partial charge in [0.15, 0.2) is 5.13 Å². The van der Waals surface area contributed by atoms with Crippen molar-refractivity contribution in [2.24, 2.45) is 5.41 Å². The smallest absolute Gasteiger partial charge is 0.176 e. The van der Waals surface area contributed by atoms with E-state index in [1.54, 1.807) is 18.2 Å². The van der Waals surface area contributed by atoms with E-state index >= 15 is 0 Å². The van der Waals surface area contributed by atoms with Gasteiger partial charge >= 0.3 is 0 Å². The van der Waals surface area contributed by atoms with E-state index in [-0.39, 0.29) is 28.0 Å². The van der Waals surface area contributed by atoms with Gasteiger partial charge < -0.3 is 4.74 Å². The zero-order valence-corrected chi connectivity index (χ0v) is 20.9. The summed E-state index contributed by atoms with van der Waals surface area (Å²) in [4.78, 5) is 8.14. The summed E-state index contributed by atoms with van der Waals surface area (Å²) in [7, 11) is 0. The molecule has 3 nitrogen and oxygen atoms in total. The third-order valence-electron chi connectivity index (χ3n) is 7.89. The highest BCUT2D eigenvalue weighted by Gasteiger charge is 2.50. The Bertz CT molecular complexity index is 1160. The lowest BCUT2D eigenvalue weighted by molar-refractivity contribution is -0.0561. The Kier molecular flexibility index (Phi) is 6.34. The minimum Gasteiger partial charge on any atom is -0.373 e. The molecule has 4 heterocycles. The predicted molar refractivity (Wildman–Crippen MR) is 132 cm³/mol. The predicted octanol–water partition coefficient (Wildman–Crippen LogP) is 6.60. The van der Waals surface area contributed by atoms with Gasteiger partial charge in [0.05, 0.1) is 12.7 Å². The average molecular weight is 483 g/mol. The zero-order valence-electron chi connectivity index (χ0n) is 20.1. The number of nitrogens with zero attached hydrogens (tertiary/aromatic N) is 2. The summed E-state index contributed by atoms with van der Waals surface area (Å²) in [5.41, 5.74) is 4.06. The van der Waals surface area contributed by atoms with E-state index in [0.29, 0.717) is 6.61 Å². The maximum Gasteiger partial charge on any atom is 0.176 e. The van der Waals surface area contributed by atoms with Gasteiger partial charge in [-0.3, -0.25) is 9.88 Å². The number of likely N-dealkylation sites (tertiary alicyclic amines) is 1. The Hall–Kier alpha value is -2.15. The lowest BCUT2D eigenvalue weighted by Gasteiger charge is -2.43. The second kappa shape index (κ2) is 9.14. The first kappa shape index (κ1) is 23.6. The molecule has 0 radical (unpaired) electrons. The first-order chi connectivity index (χ1) is 16.3. The van der Waals surface area contributed by atoms with Crippen molar-refractivity contribution in [2.45, 2.75) is 58.1 Å². The molecule has 0 N–H and O–H groups in total. The van der Waals surface area contributed by atoms with Crippen molar-refractivity contribution in [1.29, 1.82) is 0 Å². The number of rotatable bonds is 6. The zero-order chi connectivity index (χ0) is 23.9. The van der Waals surface area contributed by atoms with Gasteiger partial charge in [0, 0.05) is 34.3 Å². The van der Waals surface area contributed by atoms with Crippen molar-refractivity contribution in [2.75, 3.05) is 19.7 Å². The first-order valence-electron chi connectivity index (χ1n) is 12.1. The Labute approximate surface area is 204 Å². The molecule has 0 aliphatic carbocycles. The van der Waals surface area contributed by atoms with Crippen LogP contribution in [0.25, 0.3) is 0 Å². The van der Waals surface area contributed by atoms with Crippen LogP contribution in [-0.2, 0) is 23.1 Å². The molecule has 2 aliphatic heterocycles. The van der Waals surface area contributed by atoms with Gasteiger partial charge in [-0.1, -0.05) is 12.1 Å². The van der Waals surface area contributed by atoms with Gasteiger partial charge in [0.1, 0.15) is 5.82 Å². The minimum absolute atomic E-state index is 0.0985. The van der Waals surface area contributed by atoms with E-state index in [2.05, 4.69) is 35.9 Å². The molecule has 1 fully saturated rings. The molecule has 1 unspecified atom stereocenters. The van der Waals surface area contributed by atoms with Crippen LogP contribution in [0.1, 0.15) is 60.1 Å². The molecule has 3 aromatic rings. The first-order valence-corrected chi connectivity index (χ1v) is 12.9. The topological polar surface area (TPSA) is 25.4 Å². The van der Waals surface area contributed by atoms with Crippen LogP contribution in [-0.4, -0.2) is 29.6 Å². The number of pyridine rings is 1. The average Bonchev–Trinajstić information content (AvgIpc) is 3.45. The fourth-order valence-electron chi connectivity index (χ4n) is 5.72. The summed E-state index contributed by atoms with van der Waals surface area (Å²) < 4.78 is 34.2. The Morgan fingerprint density at radius 1 is 1.18 bits per heavy atom. The molecule has 0 bridgehead atoms. The van der Waals surface area contributed by atoms with Crippen LogP contribution in [0.3, 0.4) is 0 Å². The lowest BCUT2D eigenvalue weighted by atomic mass is 9.72. The van der Waals surface area contributed by atoms with Gasteiger partial charge in [-0.25, -0.2) is 4.39 Å². The number of halogens is 2. The second-order valence-corrected chi connectivity index (χ2v) is 11.4. The van der Waals surface area contributed by atoms with Crippen molar-refractivity contribution >= 4 is 11.3 Å². The number of hydrogen-bond acceptors (Lipinski definition) is 4. The van der Waals surface area contributed by atoms with Crippen molar-refractivity contribution in [3.05, 3.63) is 86.9 Å². The molecule has 180 valence electrons. The summed E-state index contributed by atoms with van der Waals surface area (Å²) in [6.07, 6.45) is 5.31. The minimum atomic E-state index is -0.191. The summed E-state index contributed by atoms with van der Waals surface area (Å²) in [6.45, 7) is 8.93. The normalized spacial score (nSPS) is 23.3. The van der Waals surface area contributed by atoms with Crippen LogP contribution < -0.4 is 0 Å². The molecular formula is C28H32F2N2OS. The molecule has 0 spiro atoms. The van der Waals surface area contributed by atoms with Crippen molar-refractivity contribution in [3.8, 4) is 0 Å². The highest BCUT2D eigenvalue weighted by Crippen LogP contribution is 2.52. The maximum absolute atomic E-state index is 14.0. The van der Waals surface area contributed by atoms with Crippen LogP contribution in [0, 0.1) is 23.3 Å². The Morgan fingerprint density at radius 2 is 2.03 bits per heavy atom. The molecule has 6 heteroatoms. The summed E-state index contributed by atoms with van der Waals surface area (Å²) in [5.74, 6) is -0.191. The highest BCUT2D eigenvalue weighted by molar-refractivity contribution is 7.10. The molecule has 34 heavy (non-hydrogen) atoms. The summed E-state index contributed by atoms with van der Waals surface area (Å²) in [5, 5.41) is -0.139. The SMILES string of the molecule is Cc1ccc(C(C)(C)N2CC[C@@](CCc3ccc(F)s3)(C3OCCc4cc(F)ccc43)C2)cn1. The number of thiophene rings is 1. The van der Waals surface area contributed by atoms with Crippen molar-refractivity contribution < 1.29 is 13.5 Å². The van der Waals surface area contributed by atoms with Crippen LogP contribution in [0.2, 0.25) is 0 Å². The number of fused-ring (bicyclic) bond motifs is 1. The largest absolute Gasteiger partial charge is 0.373 e. The Balaban J connectivity index is 1.48. The number of hydrogen-bond donors (Lipinski definition) is 0. The fraction of sp³-hybridized carbons (Fsp3) is 0.464. The third kappa shape index (κ3) is 4.43. The molecule has 1 saturated heterocycles. The van der Waals surface area contributed by atoms with Crippen LogP contribution in [0.15, 0.2) is 48.7 Å². The number of aromatic nitrogens is 1. The number of benzene rings is 1. The van der Waals surface area contributed by atoms with Crippen molar-refractivity contribution in [3.63, 3.8) is 0 Å². The molecule has 0 amide bonds. The fourth-order valence-corrected chi connectivity index (χ4v) is 6.45. The Morgan fingerprint density at radius 3 is 2.76 bits per heavy atom. The van der Waals surface area contributed by atoms with E-state index in [9.17, 15) is 8.78 Å². The summed E-state index contributed by atoms with van der Waals surface area (Å²) in [6, 6.07) is 12.8.